The van der Waals surface area contributed by atoms with Crippen LogP contribution in [0.3, 0.4) is 0 Å². The Labute approximate surface area is 152 Å². The summed E-state index contributed by atoms with van der Waals surface area (Å²) in [6.07, 6.45) is 5.63. The van der Waals surface area contributed by atoms with E-state index in [9.17, 15) is 0 Å². The van der Waals surface area contributed by atoms with Crippen LogP contribution in [0, 0.1) is 6.92 Å². The second-order valence-electron chi connectivity index (χ2n) is 6.59. The molecule has 7 heteroatoms. The Morgan fingerprint density at radius 1 is 1.27 bits per heavy atom. The average Bonchev–Trinajstić information content (AvgIpc) is 3.21. The first-order valence-corrected chi connectivity index (χ1v) is 9.02. The minimum absolute atomic E-state index is 0.466. The fraction of sp³-hybridized carbons (Fsp3) is 0.368. The van der Waals surface area contributed by atoms with Crippen LogP contribution < -0.4 is 10.6 Å². The maximum absolute atomic E-state index is 4.66. The van der Waals surface area contributed by atoms with Crippen LogP contribution in [0.1, 0.15) is 35.8 Å². The molecule has 2 aromatic heterocycles. The van der Waals surface area contributed by atoms with Crippen LogP contribution in [0.5, 0.6) is 0 Å². The smallest absolute Gasteiger partial charge is 0.138 e. The number of nitrogens with zero attached hydrogens (tertiary/aromatic N) is 5. The Morgan fingerprint density at radius 3 is 3.00 bits per heavy atom. The van der Waals surface area contributed by atoms with E-state index in [0.717, 1.165) is 41.7 Å². The molecule has 1 aliphatic rings. The highest BCUT2D eigenvalue weighted by Crippen LogP contribution is 2.23. The van der Waals surface area contributed by atoms with Gasteiger partial charge in [0, 0.05) is 25.1 Å². The van der Waals surface area contributed by atoms with Crippen LogP contribution >= 0.6 is 0 Å². The Morgan fingerprint density at radius 2 is 2.19 bits per heavy atom. The van der Waals surface area contributed by atoms with Crippen LogP contribution in [-0.2, 0) is 6.54 Å². The van der Waals surface area contributed by atoms with Crippen molar-refractivity contribution in [3.8, 4) is 5.69 Å². The third-order valence-corrected chi connectivity index (χ3v) is 4.69. The summed E-state index contributed by atoms with van der Waals surface area (Å²) in [5.74, 6) is 2.14. The highest BCUT2D eigenvalue weighted by atomic mass is 15.3. The third-order valence-electron chi connectivity index (χ3n) is 4.69. The van der Waals surface area contributed by atoms with Crippen LogP contribution in [0.25, 0.3) is 5.69 Å². The molecule has 4 rings (SSSR count). The third kappa shape index (κ3) is 3.72. The Kier molecular flexibility index (Phi) is 4.88. The van der Waals surface area contributed by atoms with Crippen molar-refractivity contribution in [3.05, 3.63) is 60.1 Å². The maximum Gasteiger partial charge on any atom is 0.138 e. The second-order valence-corrected chi connectivity index (χ2v) is 6.59. The molecule has 1 fully saturated rings. The molecule has 1 atom stereocenters. The number of anilines is 1. The molecule has 26 heavy (non-hydrogen) atoms. The standard InChI is InChI=1S/C19H23N7/c1-14-24-17(15-6-4-8-20-10-15)9-19(25-14)22-11-16-5-2-3-7-18(16)26-13-21-12-23-26/h2-3,5,7,9,12-13,15,20H,4,6,8,10-11H2,1H3,(H,22,24,25). The predicted octanol–water partition coefficient (Wildman–Crippen LogP) is 2.44. The van der Waals surface area contributed by atoms with E-state index in [0.29, 0.717) is 12.5 Å². The van der Waals surface area contributed by atoms with Gasteiger partial charge in [-0.25, -0.2) is 19.6 Å². The molecule has 0 aliphatic carbocycles. The molecule has 0 saturated carbocycles. The molecule has 1 aromatic carbocycles. The van der Waals surface area contributed by atoms with Crippen LogP contribution in [0.2, 0.25) is 0 Å². The van der Waals surface area contributed by atoms with Gasteiger partial charge in [-0.15, -0.1) is 0 Å². The molecule has 1 aliphatic heterocycles. The van der Waals surface area contributed by atoms with E-state index in [1.807, 2.05) is 25.1 Å². The van der Waals surface area contributed by atoms with Crippen molar-refractivity contribution < 1.29 is 0 Å². The number of hydrogen-bond acceptors (Lipinski definition) is 6. The molecule has 2 N–H and O–H groups in total. The van der Waals surface area contributed by atoms with Crippen molar-refractivity contribution >= 4 is 5.82 Å². The zero-order valence-corrected chi connectivity index (χ0v) is 14.9. The molecule has 7 nitrogen and oxygen atoms in total. The Balaban J connectivity index is 1.53. The molecule has 1 saturated heterocycles. The van der Waals surface area contributed by atoms with E-state index in [2.05, 4.69) is 42.8 Å². The number of rotatable bonds is 5. The number of aryl methyl sites for hydroxylation is 1. The lowest BCUT2D eigenvalue weighted by Gasteiger charge is -2.23. The predicted molar refractivity (Wildman–Crippen MR) is 100 cm³/mol. The summed E-state index contributed by atoms with van der Waals surface area (Å²) in [4.78, 5) is 13.3. The molecule has 0 amide bonds. The first kappa shape index (κ1) is 16.7. The van der Waals surface area contributed by atoms with E-state index in [-0.39, 0.29) is 0 Å². The SMILES string of the molecule is Cc1nc(NCc2ccccc2-n2cncn2)cc(C2CCCNC2)n1. The minimum atomic E-state index is 0.466. The molecule has 0 radical (unpaired) electrons. The van der Waals surface area contributed by atoms with E-state index in [1.54, 1.807) is 17.3 Å². The van der Waals surface area contributed by atoms with Gasteiger partial charge in [0.25, 0.3) is 0 Å². The number of para-hydroxylation sites is 1. The number of nitrogens with one attached hydrogen (secondary N) is 2. The fourth-order valence-corrected chi connectivity index (χ4v) is 3.40. The lowest BCUT2D eigenvalue weighted by Crippen LogP contribution is -2.29. The van der Waals surface area contributed by atoms with Crippen molar-refractivity contribution in [2.24, 2.45) is 0 Å². The Bertz CT molecular complexity index is 854. The number of benzene rings is 1. The van der Waals surface area contributed by atoms with Gasteiger partial charge >= 0.3 is 0 Å². The van der Waals surface area contributed by atoms with E-state index in [1.165, 1.54) is 12.8 Å². The monoisotopic (exact) mass is 349 g/mol. The van der Waals surface area contributed by atoms with E-state index >= 15 is 0 Å². The summed E-state index contributed by atoms with van der Waals surface area (Å²) in [7, 11) is 0. The molecule has 134 valence electrons. The summed E-state index contributed by atoms with van der Waals surface area (Å²) >= 11 is 0. The largest absolute Gasteiger partial charge is 0.366 e. The molecule has 1 unspecified atom stereocenters. The molecule has 3 heterocycles. The number of hydrogen-bond donors (Lipinski definition) is 2. The minimum Gasteiger partial charge on any atom is -0.366 e. The summed E-state index contributed by atoms with van der Waals surface area (Å²) < 4.78 is 1.78. The first-order chi connectivity index (χ1) is 12.8. The van der Waals surface area contributed by atoms with Gasteiger partial charge in [-0.1, -0.05) is 18.2 Å². The van der Waals surface area contributed by atoms with Crippen LogP contribution in [-0.4, -0.2) is 37.8 Å². The van der Waals surface area contributed by atoms with Gasteiger partial charge in [-0.3, -0.25) is 0 Å². The lowest BCUT2D eigenvalue weighted by atomic mass is 9.96. The molecular weight excluding hydrogens is 326 g/mol. The maximum atomic E-state index is 4.66. The van der Waals surface area contributed by atoms with Crippen molar-refractivity contribution in [3.63, 3.8) is 0 Å². The van der Waals surface area contributed by atoms with Crippen molar-refractivity contribution in [2.75, 3.05) is 18.4 Å². The zero-order chi connectivity index (χ0) is 17.8. The van der Waals surface area contributed by atoms with Gasteiger partial charge in [0.05, 0.1) is 11.4 Å². The summed E-state index contributed by atoms with van der Waals surface area (Å²) in [6, 6.07) is 10.2. The van der Waals surface area contributed by atoms with E-state index in [4.69, 9.17) is 0 Å². The topological polar surface area (TPSA) is 80.5 Å². The second kappa shape index (κ2) is 7.61. The summed E-state index contributed by atoms with van der Waals surface area (Å²) in [5, 5.41) is 11.1. The van der Waals surface area contributed by atoms with Crippen LogP contribution in [0.15, 0.2) is 43.0 Å². The number of piperidine rings is 1. The average molecular weight is 349 g/mol. The highest BCUT2D eigenvalue weighted by Gasteiger charge is 2.17. The van der Waals surface area contributed by atoms with Gasteiger partial charge in [-0.05, 0) is 37.9 Å². The van der Waals surface area contributed by atoms with Gasteiger partial charge in [-0.2, -0.15) is 5.10 Å². The molecule has 0 spiro atoms. The lowest BCUT2D eigenvalue weighted by molar-refractivity contribution is 0.453. The van der Waals surface area contributed by atoms with Crippen LogP contribution in [0.4, 0.5) is 5.82 Å². The van der Waals surface area contributed by atoms with Gasteiger partial charge in [0.1, 0.15) is 24.3 Å². The molecular formula is C19H23N7. The van der Waals surface area contributed by atoms with E-state index < -0.39 is 0 Å². The number of aromatic nitrogens is 5. The Hall–Kier alpha value is -2.80. The van der Waals surface area contributed by atoms with Gasteiger partial charge < -0.3 is 10.6 Å². The first-order valence-electron chi connectivity index (χ1n) is 9.02. The normalized spacial score (nSPS) is 17.2. The molecule has 3 aromatic rings. The van der Waals surface area contributed by atoms with Crippen molar-refractivity contribution in [2.45, 2.75) is 32.2 Å². The quantitative estimate of drug-likeness (QED) is 0.736. The van der Waals surface area contributed by atoms with Crippen molar-refractivity contribution in [1.29, 1.82) is 0 Å². The molecule has 0 bridgehead atoms. The van der Waals surface area contributed by atoms with Gasteiger partial charge in [0.15, 0.2) is 0 Å². The fourth-order valence-electron chi connectivity index (χ4n) is 3.40. The zero-order valence-electron chi connectivity index (χ0n) is 14.9. The van der Waals surface area contributed by atoms with Crippen molar-refractivity contribution in [1.82, 2.24) is 30.0 Å². The summed E-state index contributed by atoms with van der Waals surface area (Å²) in [5.41, 5.74) is 3.27. The van der Waals surface area contributed by atoms with Gasteiger partial charge in [0.2, 0.25) is 0 Å². The highest BCUT2D eigenvalue weighted by molar-refractivity contribution is 5.44. The summed E-state index contributed by atoms with van der Waals surface area (Å²) in [6.45, 7) is 4.71.